The molecule has 3 N–H and O–H groups in total. The average Bonchev–Trinajstić information content (AvgIpc) is 2.95. The molecular formula is C18H26FN5O. The summed E-state index contributed by atoms with van der Waals surface area (Å²) < 4.78 is 14.4. The molecule has 136 valence electrons. The molecule has 0 atom stereocenters. The van der Waals surface area contributed by atoms with Gasteiger partial charge in [0.1, 0.15) is 0 Å². The van der Waals surface area contributed by atoms with Crippen LogP contribution in [0.1, 0.15) is 35.6 Å². The quantitative estimate of drug-likeness (QED) is 0.895. The number of H-pyrrole nitrogens is 1. The molecule has 1 fully saturated rings. The van der Waals surface area contributed by atoms with Crippen molar-refractivity contribution in [2.24, 2.45) is 5.73 Å². The number of hydrogen-bond donors (Lipinski definition) is 2. The summed E-state index contributed by atoms with van der Waals surface area (Å²) in [6.45, 7) is 10.8. The van der Waals surface area contributed by atoms with Gasteiger partial charge in [-0.25, -0.2) is 4.39 Å². The molecule has 6 nitrogen and oxygen atoms in total. The van der Waals surface area contributed by atoms with Gasteiger partial charge in [0.15, 0.2) is 5.82 Å². The number of aryl methyl sites for hydroxylation is 2. The van der Waals surface area contributed by atoms with E-state index in [1.165, 1.54) is 6.07 Å². The van der Waals surface area contributed by atoms with Crippen LogP contribution in [0.4, 0.5) is 15.8 Å². The van der Waals surface area contributed by atoms with Crippen LogP contribution in [0.5, 0.6) is 0 Å². The van der Waals surface area contributed by atoms with E-state index >= 15 is 0 Å². The lowest BCUT2D eigenvalue weighted by Gasteiger charge is -2.37. The Morgan fingerprint density at radius 1 is 1.16 bits per heavy atom. The van der Waals surface area contributed by atoms with Gasteiger partial charge in [-0.05, 0) is 26.0 Å². The Bertz CT molecular complexity index is 716. The summed E-state index contributed by atoms with van der Waals surface area (Å²) in [7, 11) is 0. The number of hydrogen-bond acceptors (Lipinski definition) is 4. The molecule has 1 amide bonds. The zero-order chi connectivity index (χ0) is 18.6. The molecule has 0 bridgehead atoms. The second-order valence-corrected chi connectivity index (χ2v) is 5.76. The number of benzene rings is 1. The van der Waals surface area contributed by atoms with E-state index in [0.29, 0.717) is 18.8 Å². The number of amides is 1. The molecule has 3 rings (SSSR count). The number of rotatable bonds is 3. The molecule has 0 unspecified atom stereocenters. The van der Waals surface area contributed by atoms with E-state index < -0.39 is 11.7 Å². The van der Waals surface area contributed by atoms with Gasteiger partial charge < -0.3 is 15.5 Å². The van der Waals surface area contributed by atoms with Gasteiger partial charge >= 0.3 is 0 Å². The van der Waals surface area contributed by atoms with Crippen molar-refractivity contribution in [1.29, 1.82) is 0 Å². The molecule has 1 aliphatic rings. The average molecular weight is 347 g/mol. The van der Waals surface area contributed by atoms with Gasteiger partial charge in [0.25, 0.3) is 5.91 Å². The zero-order valence-electron chi connectivity index (χ0n) is 15.3. The molecule has 1 aliphatic heterocycles. The number of nitrogens with one attached hydrogen (secondary N) is 1. The van der Waals surface area contributed by atoms with Crippen LogP contribution in [0.25, 0.3) is 0 Å². The number of anilines is 2. The van der Waals surface area contributed by atoms with Crippen molar-refractivity contribution in [2.75, 3.05) is 36.0 Å². The molecule has 2 heterocycles. The molecule has 1 saturated heterocycles. The number of carbonyl (C=O) groups is 1. The van der Waals surface area contributed by atoms with Crippen molar-refractivity contribution in [3.05, 3.63) is 41.0 Å². The first kappa shape index (κ1) is 18.8. The van der Waals surface area contributed by atoms with Crippen molar-refractivity contribution in [1.82, 2.24) is 10.2 Å². The van der Waals surface area contributed by atoms with Crippen LogP contribution in [0.3, 0.4) is 0 Å². The predicted molar refractivity (Wildman–Crippen MR) is 98.8 cm³/mol. The van der Waals surface area contributed by atoms with Crippen LogP contribution >= 0.6 is 0 Å². The minimum Gasteiger partial charge on any atom is -0.366 e. The van der Waals surface area contributed by atoms with E-state index in [4.69, 9.17) is 5.73 Å². The van der Waals surface area contributed by atoms with E-state index in [0.717, 1.165) is 30.2 Å². The Morgan fingerprint density at radius 3 is 2.28 bits per heavy atom. The highest BCUT2D eigenvalue weighted by molar-refractivity contribution is 5.94. The SMILES string of the molecule is CC.Cc1n[nH]c(C)c1N1CCN(c2cccc(C(N)=O)c2F)CC1. The van der Waals surface area contributed by atoms with E-state index in [1.807, 2.05) is 32.6 Å². The van der Waals surface area contributed by atoms with Crippen LogP contribution in [0.15, 0.2) is 18.2 Å². The number of aromatic amines is 1. The monoisotopic (exact) mass is 347 g/mol. The molecule has 0 radical (unpaired) electrons. The Hall–Kier alpha value is -2.57. The van der Waals surface area contributed by atoms with E-state index in [1.54, 1.807) is 12.1 Å². The highest BCUT2D eigenvalue weighted by atomic mass is 19.1. The van der Waals surface area contributed by atoms with Crippen LogP contribution in [-0.4, -0.2) is 42.3 Å². The zero-order valence-corrected chi connectivity index (χ0v) is 15.3. The van der Waals surface area contributed by atoms with Crippen molar-refractivity contribution in [3.63, 3.8) is 0 Å². The summed E-state index contributed by atoms with van der Waals surface area (Å²) in [5.74, 6) is -1.28. The van der Waals surface area contributed by atoms with E-state index in [-0.39, 0.29) is 5.56 Å². The van der Waals surface area contributed by atoms with E-state index in [2.05, 4.69) is 15.1 Å². The summed E-state index contributed by atoms with van der Waals surface area (Å²) in [5, 5.41) is 7.21. The molecule has 1 aromatic carbocycles. The second-order valence-electron chi connectivity index (χ2n) is 5.76. The van der Waals surface area contributed by atoms with Gasteiger partial charge in [-0.15, -0.1) is 0 Å². The molecular weight excluding hydrogens is 321 g/mol. The standard InChI is InChI=1S/C16H20FN5O.C2H6/c1-10-15(11(2)20-19-10)22-8-6-21(7-9-22)13-5-3-4-12(14(13)17)16(18)23;1-2/h3-5H,6-9H2,1-2H3,(H2,18,23)(H,19,20);1-2H3. The molecule has 0 aliphatic carbocycles. The van der Waals surface area contributed by atoms with Crippen LogP contribution in [0, 0.1) is 19.7 Å². The smallest absolute Gasteiger partial charge is 0.251 e. The highest BCUT2D eigenvalue weighted by Crippen LogP contribution is 2.27. The maximum absolute atomic E-state index is 14.4. The highest BCUT2D eigenvalue weighted by Gasteiger charge is 2.24. The minimum absolute atomic E-state index is 0.0635. The molecule has 0 saturated carbocycles. The lowest BCUT2D eigenvalue weighted by atomic mass is 10.1. The predicted octanol–water partition coefficient (Wildman–Crippen LogP) is 2.62. The van der Waals surface area contributed by atoms with Gasteiger partial charge in [-0.2, -0.15) is 5.10 Å². The molecule has 7 heteroatoms. The third-order valence-corrected chi connectivity index (χ3v) is 4.27. The van der Waals surface area contributed by atoms with Gasteiger partial charge in [0, 0.05) is 26.2 Å². The summed E-state index contributed by atoms with van der Waals surface area (Å²) in [6.07, 6.45) is 0. The summed E-state index contributed by atoms with van der Waals surface area (Å²) >= 11 is 0. The topological polar surface area (TPSA) is 78.2 Å². The Kier molecular flexibility index (Phi) is 6.01. The normalized spacial score (nSPS) is 14.1. The first-order chi connectivity index (χ1) is 12.0. The van der Waals surface area contributed by atoms with Gasteiger partial charge in [0.2, 0.25) is 0 Å². The number of aromatic nitrogens is 2. The van der Waals surface area contributed by atoms with Crippen molar-refractivity contribution < 1.29 is 9.18 Å². The fourth-order valence-electron chi connectivity index (χ4n) is 3.14. The number of carbonyl (C=O) groups excluding carboxylic acids is 1. The van der Waals surface area contributed by atoms with Gasteiger partial charge in [-0.1, -0.05) is 19.9 Å². The largest absolute Gasteiger partial charge is 0.366 e. The maximum atomic E-state index is 14.4. The molecule has 0 spiro atoms. The Morgan fingerprint density at radius 2 is 1.76 bits per heavy atom. The van der Waals surface area contributed by atoms with E-state index in [9.17, 15) is 9.18 Å². The lowest BCUT2D eigenvalue weighted by molar-refractivity contribution is 0.0996. The second kappa shape index (κ2) is 8.00. The third kappa shape index (κ3) is 3.75. The molecule has 25 heavy (non-hydrogen) atoms. The molecule has 1 aromatic heterocycles. The summed E-state index contributed by atoms with van der Waals surface area (Å²) in [4.78, 5) is 15.5. The summed E-state index contributed by atoms with van der Waals surface area (Å²) in [6, 6.07) is 4.76. The lowest BCUT2D eigenvalue weighted by Crippen LogP contribution is -2.47. The first-order valence-electron chi connectivity index (χ1n) is 8.59. The number of nitrogens with zero attached hydrogens (tertiary/aromatic N) is 3. The fraction of sp³-hybridized carbons (Fsp3) is 0.444. The minimum atomic E-state index is -0.743. The third-order valence-electron chi connectivity index (χ3n) is 4.27. The first-order valence-corrected chi connectivity index (χ1v) is 8.59. The van der Waals surface area contributed by atoms with Crippen LogP contribution in [0.2, 0.25) is 0 Å². The number of halogens is 1. The number of primary amides is 1. The fourth-order valence-corrected chi connectivity index (χ4v) is 3.14. The van der Waals surface area contributed by atoms with Gasteiger partial charge in [-0.3, -0.25) is 9.89 Å². The van der Waals surface area contributed by atoms with Crippen molar-refractivity contribution >= 4 is 17.3 Å². The summed E-state index contributed by atoms with van der Waals surface area (Å²) in [5.41, 5.74) is 8.72. The van der Waals surface area contributed by atoms with Crippen molar-refractivity contribution in [3.8, 4) is 0 Å². The van der Waals surface area contributed by atoms with Crippen molar-refractivity contribution in [2.45, 2.75) is 27.7 Å². The molecule has 2 aromatic rings. The van der Waals surface area contributed by atoms with Crippen LogP contribution in [-0.2, 0) is 0 Å². The van der Waals surface area contributed by atoms with Crippen LogP contribution < -0.4 is 15.5 Å². The number of nitrogens with two attached hydrogens (primary N) is 1. The van der Waals surface area contributed by atoms with Gasteiger partial charge in [0.05, 0.1) is 28.3 Å². The maximum Gasteiger partial charge on any atom is 0.251 e. The Labute approximate surface area is 147 Å². The number of piperazine rings is 1. The Balaban J connectivity index is 0.00000109.